The number of hydrogen-bond donors (Lipinski definition) is 0. The molecular formula is C23H25FN6O2. The van der Waals surface area contributed by atoms with Crippen molar-refractivity contribution in [1.29, 1.82) is 5.26 Å². The van der Waals surface area contributed by atoms with E-state index in [-0.39, 0.29) is 18.2 Å². The summed E-state index contributed by atoms with van der Waals surface area (Å²) in [6.07, 6.45) is 1.40. The van der Waals surface area contributed by atoms with Gasteiger partial charge < -0.3 is 14.5 Å². The zero-order chi connectivity index (χ0) is 22.9. The molecule has 0 radical (unpaired) electrons. The van der Waals surface area contributed by atoms with Crippen LogP contribution >= 0.6 is 0 Å². The smallest absolute Gasteiger partial charge is 0.410 e. The van der Waals surface area contributed by atoms with E-state index >= 15 is 0 Å². The molecule has 1 saturated heterocycles. The number of anilines is 1. The van der Waals surface area contributed by atoms with Crippen molar-refractivity contribution in [2.45, 2.75) is 32.9 Å². The molecule has 1 amide bonds. The van der Waals surface area contributed by atoms with Gasteiger partial charge in [0.15, 0.2) is 5.65 Å². The molecule has 0 spiro atoms. The minimum atomic E-state index is -0.520. The Hall–Kier alpha value is -3.67. The number of piperazine rings is 1. The van der Waals surface area contributed by atoms with Gasteiger partial charge in [0, 0.05) is 37.1 Å². The van der Waals surface area contributed by atoms with E-state index in [0.717, 1.165) is 11.2 Å². The predicted octanol–water partition coefficient (Wildman–Crippen LogP) is 3.55. The number of ether oxygens (including phenoxy) is 1. The van der Waals surface area contributed by atoms with E-state index in [1.165, 1.54) is 6.07 Å². The monoisotopic (exact) mass is 436 g/mol. The lowest BCUT2D eigenvalue weighted by molar-refractivity contribution is 0.0240. The Morgan fingerprint density at radius 3 is 2.59 bits per heavy atom. The summed E-state index contributed by atoms with van der Waals surface area (Å²) in [6.45, 7) is 8.14. The maximum atomic E-state index is 14.3. The van der Waals surface area contributed by atoms with Crippen molar-refractivity contribution in [3.05, 3.63) is 53.5 Å². The van der Waals surface area contributed by atoms with Crippen molar-refractivity contribution >= 4 is 22.9 Å². The van der Waals surface area contributed by atoms with Crippen LogP contribution in [-0.4, -0.2) is 57.5 Å². The van der Waals surface area contributed by atoms with Crippen LogP contribution < -0.4 is 4.90 Å². The van der Waals surface area contributed by atoms with Crippen LogP contribution in [0.2, 0.25) is 0 Å². The number of hydrogen-bond acceptors (Lipinski definition) is 6. The fourth-order valence-corrected chi connectivity index (χ4v) is 3.59. The number of nitriles is 1. The average molecular weight is 436 g/mol. The minimum Gasteiger partial charge on any atom is -0.444 e. The average Bonchev–Trinajstić information content (AvgIpc) is 3.16. The molecule has 2 aromatic heterocycles. The number of pyridine rings is 1. The molecule has 9 heteroatoms. The summed E-state index contributed by atoms with van der Waals surface area (Å²) in [5.41, 5.74) is 0.851. The molecule has 0 atom stereocenters. The molecule has 0 N–H and O–H groups in total. The van der Waals surface area contributed by atoms with Gasteiger partial charge in [-0.3, -0.25) is 0 Å². The van der Waals surface area contributed by atoms with Crippen LogP contribution in [0.3, 0.4) is 0 Å². The highest BCUT2D eigenvalue weighted by Crippen LogP contribution is 2.21. The third-order valence-corrected chi connectivity index (χ3v) is 5.23. The first-order chi connectivity index (χ1) is 15.2. The quantitative estimate of drug-likeness (QED) is 0.624. The molecule has 1 aliphatic rings. The van der Waals surface area contributed by atoms with E-state index in [9.17, 15) is 9.18 Å². The number of carbonyl (C=O) groups is 1. The summed E-state index contributed by atoms with van der Waals surface area (Å²) in [6, 6.07) is 10.2. The van der Waals surface area contributed by atoms with Gasteiger partial charge in [-0.05, 0) is 45.0 Å². The van der Waals surface area contributed by atoms with Gasteiger partial charge in [-0.1, -0.05) is 6.07 Å². The number of amides is 1. The van der Waals surface area contributed by atoms with Crippen LogP contribution in [0.4, 0.5) is 15.0 Å². The van der Waals surface area contributed by atoms with Crippen LogP contribution in [0, 0.1) is 17.1 Å². The van der Waals surface area contributed by atoms with E-state index in [0.29, 0.717) is 37.4 Å². The van der Waals surface area contributed by atoms with Crippen LogP contribution in [0.5, 0.6) is 0 Å². The summed E-state index contributed by atoms with van der Waals surface area (Å²) in [4.78, 5) is 20.9. The van der Waals surface area contributed by atoms with Gasteiger partial charge in [0.2, 0.25) is 0 Å². The Morgan fingerprint density at radius 1 is 1.19 bits per heavy atom. The van der Waals surface area contributed by atoms with Crippen LogP contribution in [0.25, 0.3) is 11.0 Å². The molecule has 3 aromatic rings. The Labute approximate surface area is 185 Å². The Balaban J connectivity index is 1.49. The number of benzene rings is 1. The molecule has 8 nitrogen and oxygen atoms in total. The zero-order valence-corrected chi connectivity index (χ0v) is 18.4. The number of nitrogens with zero attached hydrogens (tertiary/aromatic N) is 6. The summed E-state index contributed by atoms with van der Waals surface area (Å²) in [7, 11) is 0. The molecule has 1 aliphatic heterocycles. The van der Waals surface area contributed by atoms with Gasteiger partial charge in [-0.25, -0.2) is 18.9 Å². The van der Waals surface area contributed by atoms with Crippen molar-refractivity contribution in [3.63, 3.8) is 0 Å². The number of carbonyl (C=O) groups excluding carboxylic acids is 1. The van der Waals surface area contributed by atoms with Crippen molar-refractivity contribution in [2.24, 2.45) is 0 Å². The van der Waals surface area contributed by atoms with Gasteiger partial charge in [0.25, 0.3) is 0 Å². The molecule has 0 bridgehead atoms. The van der Waals surface area contributed by atoms with E-state index < -0.39 is 11.4 Å². The number of fused-ring (bicyclic) bond motifs is 1. The number of rotatable bonds is 3. The van der Waals surface area contributed by atoms with E-state index in [4.69, 9.17) is 15.0 Å². The maximum Gasteiger partial charge on any atom is 0.410 e. The van der Waals surface area contributed by atoms with Crippen molar-refractivity contribution in [2.75, 3.05) is 31.1 Å². The highest BCUT2D eigenvalue weighted by molar-refractivity contribution is 5.77. The number of halogens is 1. The van der Waals surface area contributed by atoms with Crippen molar-refractivity contribution in [1.82, 2.24) is 19.7 Å². The van der Waals surface area contributed by atoms with E-state index in [1.807, 2.05) is 39.0 Å². The highest BCUT2D eigenvalue weighted by atomic mass is 19.1. The summed E-state index contributed by atoms with van der Waals surface area (Å²) in [5, 5.41) is 14.1. The predicted molar refractivity (Wildman–Crippen MR) is 118 cm³/mol. The third-order valence-electron chi connectivity index (χ3n) is 5.23. The van der Waals surface area contributed by atoms with Gasteiger partial charge >= 0.3 is 6.09 Å². The van der Waals surface area contributed by atoms with Gasteiger partial charge in [0.1, 0.15) is 17.2 Å². The first-order valence-electron chi connectivity index (χ1n) is 10.5. The van der Waals surface area contributed by atoms with Gasteiger partial charge in [-0.15, -0.1) is 0 Å². The molecule has 32 heavy (non-hydrogen) atoms. The van der Waals surface area contributed by atoms with Crippen molar-refractivity contribution < 1.29 is 13.9 Å². The lowest BCUT2D eigenvalue weighted by Gasteiger charge is -2.36. The molecule has 0 aliphatic carbocycles. The fraction of sp³-hybridized carbons (Fsp3) is 0.391. The topological polar surface area (TPSA) is 87.3 Å². The Kier molecular flexibility index (Phi) is 5.70. The standard InChI is InChI=1S/C23H25FN6O2/c1-23(2,3)32-22(31)29-10-8-28(9-11-29)20-7-6-17-14-26-30(21(17)27-20)15-18-5-4-16(13-25)12-19(18)24/h4-7,12,14H,8-11,15H2,1-3H3. The van der Waals surface area contributed by atoms with Crippen molar-refractivity contribution in [3.8, 4) is 6.07 Å². The molecule has 0 saturated carbocycles. The first kappa shape index (κ1) is 21.6. The second-order valence-corrected chi connectivity index (χ2v) is 8.76. The molecule has 4 rings (SSSR count). The molecular weight excluding hydrogens is 411 g/mol. The highest BCUT2D eigenvalue weighted by Gasteiger charge is 2.26. The second-order valence-electron chi connectivity index (χ2n) is 8.76. The first-order valence-corrected chi connectivity index (χ1v) is 10.5. The molecule has 1 aromatic carbocycles. The summed E-state index contributed by atoms with van der Waals surface area (Å²) < 4.78 is 21.4. The lowest BCUT2D eigenvalue weighted by Crippen LogP contribution is -2.50. The Morgan fingerprint density at radius 2 is 1.94 bits per heavy atom. The maximum absolute atomic E-state index is 14.3. The van der Waals surface area contributed by atoms with Crippen LogP contribution in [0.1, 0.15) is 31.9 Å². The summed E-state index contributed by atoms with van der Waals surface area (Å²) in [5.74, 6) is 0.338. The minimum absolute atomic E-state index is 0.212. The second kappa shape index (κ2) is 8.46. The molecule has 166 valence electrons. The van der Waals surface area contributed by atoms with E-state index in [2.05, 4.69) is 10.00 Å². The van der Waals surface area contributed by atoms with Gasteiger partial charge in [0.05, 0.1) is 24.4 Å². The van der Waals surface area contributed by atoms with Gasteiger partial charge in [-0.2, -0.15) is 10.4 Å². The normalized spacial score (nSPS) is 14.5. The zero-order valence-electron chi connectivity index (χ0n) is 18.4. The largest absolute Gasteiger partial charge is 0.444 e. The lowest BCUT2D eigenvalue weighted by atomic mass is 10.1. The molecule has 3 heterocycles. The Bertz CT molecular complexity index is 1190. The summed E-state index contributed by atoms with van der Waals surface area (Å²) >= 11 is 0. The fourth-order valence-electron chi connectivity index (χ4n) is 3.59. The molecule has 1 fully saturated rings. The molecule has 0 unspecified atom stereocenters. The van der Waals surface area contributed by atoms with Crippen LogP contribution in [0.15, 0.2) is 36.5 Å². The van der Waals surface area contributed by atoms with Crippen LogP contribution in [-0.2, 0) is 11.3 Å². The number of aromatic nitrogens is 3. The van der Waals surface area contributed by atoms with E-state index in [1.54, 1.807) is 27.9 Å². The SMILES string of the molecule is CC(C)(C)OC(=O)N1CCN(c2ccc3cnn(Cc4ccc(C#N)cc4F)c3n2)CC1. The third kappa shape index (κ3) is 4.64.